The fourth-order valence-electron chi connectivity index (χ4n) is 2.65. The summed E-state index contributed by atoms with van der Waals surface area (Å²) < 4.78 is 0. The first-order valence-corrected chi connectivity index (χ1v) is 11.9. The predicted molar refractivity (Wildman–Crippen MR) is 124 cm³/mol. The number of nitrogens with zero attached hydrogens (tertiary/aromatic N) is 1. The average Bonchev–Trinajstić information content (AvgIpc) is 3.26. The van der Waals surface area contributed by atoms with E-state index in [1.807, 2.05) is 0 Å². The summed E-state index contributed by atoms with van der Waals surface area (Å²) in [5, 5.41) is 16.2. The number of imidazole rings is 1. The lowest BCUT2D eigenvalue weighted by molar-refractivity contribution is -0.141. The molecule has 1 rings (SSSR count). The summed E-state index contributed by atoms with van der Waals surface area (Å²) in [6.07, 6.45) is 4.46. The van der Waals surface area contributed by atoms with E-state index in [1.54, 1.807) is 6.26 Å². The van der Waals surface area contributed by atoms with E-state index in [0.717, 1.165) is 0 Å². The van der Waals surface area contributed by atoms with Crippen LogP contribution in [-0.2, 0) is 30.4 Å². The van der Waals surface area contributed by atoms with Gasteiger partial charge in [-0.2, -0.15) is 24.4 Å². The highest BCUT2D eigenvalue weighted by Crippen LogP contribution is 2.05. The lowest BCUT2D eigenvalue weighted by atomic mass is 10.1. The van der Waals surface area contributed by atoms with E-state index in [4.69, 9.17) is 16.6 Å². The van der Waals surface area contributed by atoms with Crippen molar-refractivity contribution in [1.82, 2.24) is 25.9 Å². The summed E-state index contributed by atoms with van der Waals surface area (Å²) in [6, 6.07) is -4.79. The zero-order valence-electron chi connectivity index (χ0n) is 17.9. The lowest BCUT2D eigenvalue weighted by Crippen LogP contribution is -2.58. The van der Waals surface area contributed by atoms with Crippen LogP contribution in [0.15, 0.2) is 12.5 Å². The molecule has 0 spiro atoms. The molecule has 0 aliphatic carbocycles. The standard InChI is InChI=1S/C18H29N7O6S2/c1-33-3-2-11(16(28)25-13(7-32)18(30)31)23-17(29)12(5-14(20)26)24-15(27)10(19)4-9-6-21-8-22-9/h6,8,10-13,32H,2-5,7,19H2,1H3,(H2,20,26)(H,21,22)(H,23,29)(H,24,27)(H,25,28)(H,30,31). The van der Waals surface area contributed by atoms with Crippen LogP contribution in [0.2, 0.25) is 0 Å². The summed E-state index contributed by atoms with van der Waals surface area (Å²) in [7, 11) is 0. The Bertz CT molecular complexity index is 823. The summed E-state index contributed by atoms with van der Waals surface area (Å²) in [4.78, 5) is 67.1. The highest BCUT2D eigenvalue weighted by molar-refractivity contribution is 7.98. The van der Waals surface area contributed by atoms with Crippen LogP contribution in [0.5, 0.6) is 0 Å². The van der Waals surface area contributed by atoms with Gasteiger partial charge in [0.15, 0.2) is 0 Å². The van der Waals surface area contributed by atoms with Gasteiger partial charge in [-0.15, -0.1) is 0 Å². The Hall–Kier alpha value is -2.78. The minimum absolute atomic E-state index is 0.107. The van der Waals surface area contributed by atoms with Crippen molar-refractivity contribution in [2.45, 2.75) is 43.4 Å². The molecule has 4 atom stereocenters. The largest absolute Gasteiger partial charge is 0.480 e. The second kappa shape index (κ2) is 14.4. The molecule has 9 N–H and O–H groups in total. The molecule has 15 heteroatoms. The zero-order chi connectivity index (χ0) is 25.0. The highest BCUT2D eigenvalue weighted by Gasteiger charge is 2.30. The number of aromatic amines is 1. The number of nitrogens with one attached hydrogen (secondary N) is 4. The average molecular weight is 504 g/mol. The van der Waals surface area contributed by atoms with Crippen molar-refractivity contribution in [3.63, 3.8) is 0 Å². The van der Waals surface area contributed by atoms with E-state index in [1.165, 1.54) is 24.3 Å². The molecule has 0 saturated carbocycles. The van der Waals surface area contributed by atoms with Crippen molar-refractivity contribution in [2.24, 2.45) is 11.5 Å². The second-order valence-electron chi connectivity index (χ2n) is 7.04. The van der Waals surface area contributed by atoms with Gasteiger partial charge in [-0.25, -0.2) is 9.78 Å². The molecule has 4 amide bonds. The van der Waals surface area contributed by atoms with Crippen molar-refractivity contribution in [3.05, 3.63) is 18.2 Å². The van der Waals surface area contributed by atoms with Crippen LogP contribution >= 0.6 is 24.4 Å². The molecular weight excluding hydrogens is 474 g/mol. The Morgan fingerprint density at radius 1 is 1.12 bits per heavy atom. The van der Waals surface area contributed by atoms with E-state index in [2.05, 4.69) is 38.5 Å². The molecule has 0 fully saturated rings. The summed E-state index contributed by atoms with van der Waals surface area (Å²) >= 11 is 5.30. The number of amides is 4. The van der Waals surface area contributed by atoms with Crippen LogP contribution in [-0.4, -0.2) is 86.6 Å². The van der Waals surface area contributed by atoms with Crippen molar-refractivity contribution in [3.8, 4) is 0 Å². The van der Waals surface area contributed by atoms with Crippen LogP contribution in [0.3, 0.4) is 0 Å². The fraction of sp³-hybridized carbons (Fsp3) is 0.556. The van der Waals surface area contributed by atoms with E-state index in [-0.39, 0.29) is 18.6 Å². The van der Waals surface area contributed by atoms with Gasteiger partial charge >= 0.3 is 5.97 Å². The molecule has 0 aliphatic heterocycles. The Kier molecular flexibility index (Phi) is 12.3. The van der Waals surface area contributed by atoms with Gasteiger partial charge in [0, 0.05) is 24.1 Å². The number of primary amides is 1. The minimum Gasteiger partial charge on any atom is -0.480 e. The number of carbonyl (C=O) groups excluding carboxylic acids is 4. The molecule has 0 saturated heterocycles. The van der Waals surface area contributed by atoms with E-state index in [0.29, 0.717) is 11.4 Å². The van der Waals surface area contributed by atoms with Crippen molar-refractivity contribution in [2.75, 3.05) is 17.8 Å². The summed E-state index contributed by atoms with van der Waals surface area (Å²) in [5.74, 6) is -4.11. The van der Waals surface area contributed by atoms with Gasteiger partial charge in [-0.3, -0.25) is 19.2 Å². The summed E-state index contributed by atoms with van der Waals surface area (Å²) in [5.41, 5.74) is 11.7. The molecule has 4 unspecified atom stereocenters. The lowest BCUT2D eigenvalue weighted by Gasteiger charge is -2.24. The van der Waals surface area contributed by atoms with E-state index >= 15 is 0 Å². The Balaban J connectivity index is 2.89. The smallest absolute Gasteiger partial charge is 0.327 e. The molecule has 184 valence electrons. The molecule has 0 bridgehead atoms. The SMILES string of the molecule is CSCCC(NC(=O)C(CC(N)=O)NC(=O)C(N)Cc1cnc[nH]1)C(=O)NC(CS)C(=O)O. The number of thioether (sulfide) groups is 1. The van der Waals surface area contributed by atoms with Crippen LogP contribution in [0.1, 0.15) is 18.5 Å². The van der Waals surface area contributed by atoms with Gasteiger partial charge < -0.3 is 37.5 Å². The number of hydrogen-bond acceptors (Lipinski definition) is 9. The maximum atomic E-state index is 12.8. The fourth-order valence-corrected chi connectivity index (χ4v) is 3.37. The molecule has 0 radical (unpaired) electrons. The predicted octanol–water partition coefficient (Wildman–Crippen LogP) is -2.62. The Morgan fingerprint density at radius 2 is 1.73 bits per heavy atom. The topological polar surface area (TPSA) is 222 Å². The number of carbonyl (C=O) groups is 5. The zero-order valence-corrected chi connectivity index (χ0v) is 19.7. The summed E-state index contributed by atoms with van der Waals surface area (Å²) in [6.45, 7) is 0. The third kappa shape index (κ3) is 10.1. The molecular formula is C18H29N7O6S2. The first kappa shape index (κ1) is 28.3. The van der Waals surface area contributed by atoms with Crippen LogP contribution in [0.25, 0.3) is 0 Å². The maximum absolute atomic E-state index is 12.8. The molecule has 1 heterocycles. The molecule has 0 aliphatic rings. The number of aliphatic carboxylic acids is 1. The third-order valence-corrected chi connectivity index (χ3v) is 5.42. The van der Waals surface area contributed by atoms with Crippen molar-refractivity contribution < 1.29 is 29.1 Å². The van der Waals surface area contributed by atoms with Gasteiger partial charge in [0.05, 0.1) is 18.8 Å². The van der Waals surface area contributed by atoms with Gasteiger partial charge in [0.25, 0.3) is 0 Å². The molecule has 13 nitrogen and oxygen atoms in total. The number of rotatable bonds is 15. The molecule has 33 heavy (non-hydrogen) atoms. The van der Waals surface area contributed by atoms with Crippen LogP contribution in [0.4, 0.5) is 0 Å². The molecule has 0 aromatic carbocycles. The number of carboxylic acids is 1. The monoisotopic (exact) mass is 503 g/mol. The normalized spacial score (nSPS) is 14.4. The van der Waals surface area contributed by atoms with Crippen molar-refractivity contribution in [1.29, 1.82) is 0 Å². The first-order chi connectivity index (χ1) is 15.6. The number of aromatic nitrogens is 2. The first-order valence-electron chi connectivity index (χ1n) is 9.83. The second-order valence-corrected chi connectivity index (χ2v) is 8.39. The van der Waals surface area contributed by atoms with E-state index < -0.39 is 60.2 Å². The number of carboxylic acid groups (broad SMARTS) is 1. The Morgan fingerprint density at radius 3 is 2.24 bits per heavy atom. The van der Waals surface area contributed by atoms with E-state index in [9.17, 15) is 24.0 Å². The van der Waals surface area contributed by atoms with Gasteiger partial charge in [-0.1, -0.05) is 0 Å². The number of thiol groups is 1. The van der Waals surface area contributed by atoms with Gasteiger partial charge in [0.1, 0.15) is 18.1 Å². The maximum Gasteiger partial charge on any atom is 0.327 e. The number of nitrogens with two attached hydrogens (primary N) is 2. The number of H-pyrrole nitrogens is 1. The van der Waals surface area contributed by atoms with Gasteiger partial charge in [-0.05, 0) is 18.4 Å². The third-order valence-electron chi connectivity index (χ3n) is 4.41. The highest BCUT2D eigenvalue weighted by atomic mass is 32.2. The molecule has 1 aromatic heterocycles. The quantitative estimate of drug-likeness (QED) is 0.117. The molecule has 1 aromatic rings. The van der Waals surface area contributed by atoms with Crippen LogP contribution in [0, 0.1) is 0 Å². The Labute approximate surface area is 200 Å². The minimum atomic E-state index is -1.38. The van der Waals surface area contributed by atoms with Crippen molar-refractivity contribution >= 4 is 54.0 Å². The number of hydrogen-bond donors (Lipinski definition) is 8. The van der Waals surface area contributed by atoms with Crippen LogP contribution < -0.4 is 27.4 Å². The van der Waals surface area contributed by atoms with Gasteiger partial charge in [0.2, 0.25) is 23.6 Å².